The molecule has 0 N–H and O–H groups in total. The summed E-state index contributed by atoms with van der Waals surface area (Å²) in [6.07, 6.45) is 0. The van der Waals surface area contributed by atoms with Gasteiger partial charge in [-0.1, -0.05) is 30.3 Å². The van der Waals surface area contributed by atoms with Gasteiger partial charge in [0.25, 0.3) is 0 Å². The average Bonchev–Trinajstić information content (AvgIpc) is 3.31. The van der Waals surface area contributed by atoms with Crippen molar-refractivity contribution in [2.75, 3.05) is 25.2 Å². The normalized spacial score (nSPS) is 13.0. The van der Waals surface area contributed by atoms with Crippen LogP contribution in [0.3, 0.4) is 0 Å². The maximum absolute atomic E-state index is 13.7. The van der Waals surface area contributed by atoms with Crippen molar-refractivity contribution in [3.8, 4) is 23.0 Å². The van der Waals surface area contributed by atoms with Crippen molar-refractivity contribution < 1.29 is 26.7 Å². The van der Waals surface area contributed by atoms with Gasteiger partial charge in [-0.3, -0.25) is 0 Å². The molecule has 34 heavy (non-hydrogen) atoms. The number of halogens is 1. The quantitative estimate of drug-likeness (QED) is 0.395. The van der Waals surface area contributed by atoms with Crippen LogP contribution in [-0.2, 0) is 16.4 Å². The molecule has 9 heteroatoms. The molecule has 5 rings (SSSR count). The van der Waals surface area contributed by atoms with Crippen molar-refractivity contribution >= 4 is 15.7 Å². The Hall–Kier alpha value is -3.85. The van der Waals surface area contributed by atoms with E-state index in [1.165, 1.54) is 36.4 Å². The van der Waals surface area contributed by atoms with E-state index in [0.29, 0.717) is 36.8 Å². The fourth-order valence-corrected chi connectivity index (χ4v) is 5.02. The maximum atomic E-state index is 13.7. The Bertz CT molecular complexity index is 1420. The number of rotatable bonds is 6. The van der Waals surface area contributed by atoms with Crippen LogP contribution in [-0.4, -0.2) is 33.7 Å². The summed E-state index contributed by atoms with van der Waals surface area (Å²) >= 11 is 0. The lowest BCUT2D eigenvalue weighted by Crippen LogP contribution is -2.19. The number of nitrogens with zero attached hydrogens (tertiary/aromatic N) is 2. The lowest BCUT2D eigenvalue weighted by Gasteiger charge is -2.19. The maximum Gasteiger partial charge on any atom is 0.236 e. The summed E-state index contributed by atoms with van der Waals surface area (Å²) in [6, 6.07) is 19.5. The third kappa shape index (κ3) is 4.22. The summed E-state index contributed by atoms with van der Waals surface area (Å²) in [4.78, 5) is 6.03. The molecule has 0 fully saturated rings. The number of oxazole rings is 1. The first-order valence-corrected chi connectivity index (χ1v) is 12.1. The second-order valence-electron chi connectivity index (χ2n) is 7.79. The number of anilines is 1. The first kappa shape index (κ1) is 22.0. The van der Waals surface area contributed by atoms with E-state index in [1.807, 2.05) is 30.3 Å². The van der Waals surface area contributed by atoms with E-state index in [1.54, 1.807) is 18.0 Å². The highest BCUT2D eigenvalue weighted by atomic mass is 32.2. The Labute approximate surface area is 196 Å². The zero-order valence-electron chi connectivity index (χ0n) is 18.3. The Kier molecular flexibility index (Phi) is 5.70. The van der Waals surface area contributed by atoms with Crippen LogP contribution in [0.2, 0.25) is 0 Å². The molecule has 0 radical (unpaired) electrons. The van der Waals surface area contributed by atoms with Crippen LogP contribution in [0.25, 0.3) is 11.5 Å². The Balaban J connectivity index is 1.60. The third-order valence-electron chi connectivity index (χ3n) is 5.36. The molecule has 0 saturated heterocycles. The zero-order valence-corrected chi connectivity index (χ0v) is 19.1. The van der Waals surface area contributed by atoms with Crippen LogP contribution in [0.1, 0.15) is 5.56 Å². The van der Waals surface area contributed by atoms with Gasteiger partial charge < -0.3 is 18.8 Å². The van der Waals surface area contributed by atoms with E-state index in [9.17, 15) is 12.8 Å². The van der Waals surface area contributed by atoms with Gasteiger partial charge in [0, 0.05) is 25.2 Å². The minimum Gasteiger partial charge on any atom is -0.486 e. The third-order valence-corrected chi connectivity index (χ3v) is 7.01. The molecule has 4 aromatic rings. The highest BCUT2D eigenvalue weighted by Gasteiger charge is 2.31. The van der Waals surface area contributed by atoms with Crippen LogP contribution in [0.4, 0.5) is 10.3 Å². The van der Waals surface area contributed by atoms with Gasteiger partial charge in [0.05, 0.1) is 4.90 Å². The minimum atomic E-state index is -4.09. The van der Waals surface area contributed by atoms with E-state index >= 15 is 0 Å². The SMILES string of the molecule is CN(Cc1ccccc1)c1oc(-c2ccc(F)cc2)nc1S(=O)(=O)c1ccc2c(c1)OCCO2. The molecule has 7 nitrogen and oxygen atoms in total. The molecule has 174 valence electrons. The molecule has 0 unspecified atom stereocenters. The second kappa shape index (κ2) is 8.83. The van der Waals surface area contributed by atoms with Gasteiger partial charge in [-0.2, -0.15) is 4.98 Å². The van der Waals surface area contributed by atoms with Crippen molar-refractivity contribution in [2.45, 2.75) is 16.5 Å². The van der Waals surface area contributed by atoms with Crippen LogP contribution in [0, 0.1) is 5.82 Å². The Morgan fingerprint density at radius 2 is 1.65 bits per heavy atom. The van der Waals surface area contributed by atoms with Crippen molar-refractivity contribution in [1.82, 2.24) is 4.98 Å². The van der Waals surface area contributed by atoms with Gasteiger partial charge in [-0.05, 0) is 42.0 Å². The smallest absolute Gasteiger partial charge is 0.236 e. The molecular formula is C25H21FN2O5S. The number of sulfone groups is 1. The average molecular weight is 481 g/mol. The summed E-state index contributed by atoms with van der Waals surface area (Å²) in [6.45, 7) is 1.13. The monoisotopic (exact) mass is 480 g/mol. The number of fused-ring (bicyclic) bond motifs is 1. The molecule has 0 atom stereocenters. The summed E-state index contributed by atoms with van der Waals surface area (Å²) in [7, 11) is -2.36. The van der Waals surface area contributed by atoms with E-state index < -0.39 is 15.7 Å². The molecular weight excluding hydrogens is 459 g/mol. The first-order valence-electron chi connectivity index (χ1n) is 10.6. The van der Waals surface area contributed by atoms with E-state index in [4.69, 9.17) is 13.9 Å². The lowest BCUT2D eigenvalue weighted by molar-refractivity contribution is 0.171. The lowest BCUT2D eigenvalue weighted by atomic mass is 10.2. The summed E-state index contributed by atoms with van der Waals surface area (Å²) < 4.78 is 57.8. The van der Waals surface area contributed by atoms with E-state index in [-0.39, 0.29) is 21.7 Å². The fourth-order valence-electron chi connectivity index (χ4n) is 3.66. The number of aromatic nitrogens is 1. The standard InChI is InChI=1S/C25H21FN2O5S/c1-28(16-17-5-3-2-4-6-17)25-24(27-23(33-25)18-7-9-19(26)10-8-18)34(29,30)20-11-12-21-22(15-20)32-14-13-31-21/h2-12,15H,13-14,16H2,1H3. The largest absolute Gasteiger partial charge is 0.486 e. The molecule has 2 heterocycles. The van der Waals surface area contributed by atoms with E-state index in [0.717, 1.165) is 5.56 Å². The number of hydrogen-bond acceptors (Lipinski definition) is 7. The molecule has 3 aromatic carbocycles. The molecule has 1 aliphatic rings. The van der Waals surface area contributed by atoms with Crippen LogP contribution in [0.5, 0.6) is 11.5 Å². The first-order chi connectivity index (χ1) is 16.4. The molecule has 0 saturated carbocycles. The van der Waals surface area contributed by atoms with Crippen molar-refractivity contribution in [1.29, 1.82) is 0 Å². The number of ether oxygens (including phenoxy) is 2. The Morgan fingerprint density at radius 1 is 0.941 bits per heavy atom. The predicted molar refractivity (Wildman–Crippen MR) is 123 cm³/mol. The molecule has 0 spiro atoms. The molecule has 0 aliphatic carbocycles. The highest BCUT2D eigenvalue weighted by molar-refractivity contribution is 7.91. The fraction of sp³-hybridized carbons (Fsp3) is 0.160. The minimum absolute atomic E-state index is 0.00469. The van der Waals surface area contributed by atoms with Gasteiger partial charge >= 0.3 is 0 Å². The van der Waals surface area contributed by atoms with E-state index in [2.05, 4.69) is 4.98 Å². The molecule has 1 aliphatic heterocycles. The summed E-state index contributed by atoms with van der Waals surface area (Å²) in [5.74, 6) is 0.581. The summed E-state index contributed by atoms with van der Waals surface area (Å²) in [5, 5.41) is -0.234. The van der Waals surface area contributed by atoms with Gasteiger partial charge in [0.15, 0.2) is 11.5 Å². The number of hydrogen-bond donors (Lipinski definition) is 0. The van der Waals surface area contributed by atoms with Crippen molar-refractivity contribution in [3.63, 3.8) is 0 Å². The van der Waals surface area contributed by atoms with Gasteiger partial charge in [0.2, 0.25) is 26.6 Å². The van der Waals surface area contributed by atoms with Crippen molar-refractivity contribution in [3.05, 3.63) is 84.2 Å². The van der Waals surface area contributed by atoms with Gasteiger partial charge in [0.1, 0.15) is 19.0 Å². The molecule has 1 aromatic heterocycles. The number of benzene rings is 3. The van der Waals surface area contributed by atoms with Gasteiger partial charge in [-0.15, -0.1) is 0 Å². The highest BCUT2D eigenvalue weighted by Crippen LogP contribution is 2.38. The molecule has 0 amide bonds. The van der Waals surface area contributed by atoms with Crippen LogP contribution < -0.4 is 14.4 Å². The second-order valence-corrected chi connectivity index (χ2v) is 9.65. The van der Waals surface area contributed by atoms with Crippen LogP contribution >= 0.6 is 0 Å². The van der Waals surface area contributed by atoms with Crippen LogP contribution in [0.15, 0.2) is 87.1 Å². The Morgan fingerprint density at radius 3 is 2.38 bits per heavy atom. The zero-order chi connectivity index (χ0) is 23.7. The topological polar surface area (TPSA) is 81.9 Å². The molecule has 0 bridgehead atoms. The van der Waals surface area contributed by atoms with Crippen molar-refractivity contribution in [2.24, 2.45) is 0 Å². The predicted octanol–water partition coefficient (Wildman–Crippen LogP) is 4.72. The van der Waals surface area contributed by atoms with Gasteiger partial charge in [-0.25, -0.2) is 12.8 Å². The summed E-state index contributed by atoms with van der Waals surface area (Å²) in [5.41, 5.74) is 1.42.